The molecule has 0 spiro atoms. The van der Waals surface area contributed by atoms with Gasteiger partial charge in [0.05, 0.1) is 11.6 Å². The number of pyridine rings is 1. The van der Waals surface area contributed by atoms with Crippen LogP contribution >= 0.6 is 0 Å². The van der Waals surface area contributed by atoms with Crippen molar-refractivity contribution in [1.82, 2.24) is 9.88 Å². The lowest BCUT2D eigenvalue weighted by atomic mass is 9.94. The predicted molar refractivity (Wildman–Crippen MR) is 120 cm³/mol. The number of fused-ring (bicyclic) bond motifs is 1. The molecule has 1 aromatic heterocycles. The number of amides is 1. The van der Waals surface area contributed by atoms with Crippen LogP contribution in [0.5, 0.6) is 11.5 Å². The van der Waals surface area contributed by atoms with Gasteiger partial charge in [-0.1, -0.05) is 12.1 Å². The zero-order chi connectivity index (χ0) is 23.1. The van der Waals surface area contributed by atoms with Crippen molar-refractivity contribution in [2.45, 2.75) is 32.0 Å². The largest absolute Gasteiger partial charge is 0.508 e. The van der Waals surface area contributed by atoms with E-state index in [1.165, 1.54) is 17.0 Å². The van der Waals surface area contributed by atoms with E-state index in [0.717, 1.165) is 16.9 Å². The highest BCUT2D eigenvalue weighted by Crippen LogP contribution is 2.41. The van der Waals surface area contributed by atoms with Crippen LogP contribution in [0.25, 0.3) is 5.76 Å². The Hall–Kier alpha value is -4.13. The second kappa shape index (κ2) is 8.09. The van der Waals surface area contributed by atoms with Crippen LogP contribution in [0, 0.1) is 0 Å². The number of carbonyl (C=O) groups excluding carboxylic acids is 2. The van der Waals surface area contributed by atoms with E-state index in [1.807, 2.05) is 6.92 Å². The summed E-state index contributed by atoms with van der Waals surface area (Å²) in [5.41, 5.74) is 2.69. The zero-order valence-corrected chi connectivity index (χ0v) is 17.9. The fraction of sp³-hybridized carbons (Fsp3) is 0.192. The summed E-state index contributed by atoms with van der Waals surface area (Å²) in [6.07, 6.45) is 3.96. The number of phenolic OH excluding ortho intramolecular Hbond substituents is 1. The van der Waals surface area contributed by atoms with E-state index in [9.17, 15) is 19.8 Å². The van der Waals surface area contributed by atoms with Gasteiger partial charge in [-0.25, -0.2) is 0 Å². The number of aliphatic hydroxyl groups is 1. The molecule has 5 rings (SSSR count). The Morgan fingerprint density at radius 2 is 1.91 bits per heavy atom. The molecule has 2 unspecified atom stereocenters. The molecule has 2 atom stereocenters. The summed E-state index contributed by atoms with van der Waals surface area (Å²) >= 11 is 0. The van der Waals surface area contributed by atoms with Crippen molar-refractivity contribution in [3.8, 4) is 11.5 Å². The lowest BCUT2D eigenvalue weighted by molar-refractivity contribution is -0.140. The molecule has 1 fully saturated rings. The number of aromatic nitrogens is 1. The van der Waals surface area contributed by atoms with Gasteiger partial charge >= 0.3 is 0 Å². The van der Waals surface area contributed by atoms with Crippen LogP contribution in [0.1, 0.15) is 35.2 Å². The van der Waals surface area contributed by atoms with Crippen LogP contribution in [0.2, 0.25) is 0 Å². The molecule has 0 bridgehead atoms. The summed E-state index contributed by atoms with van der Waals surface area (Å²) in [7, 11) is 0. The summed E-state index contributed by atoms with van der Waals surface area (Å²) in [6.45, 7) is 2.12. The fourth-order valence-corrected chi connectivity index (χ4v) is 4.49. The molecule has 7 nitrogen and oxygen atoms in total. The van der Waals surface area contributed by atoms with Gasteiger partial charge < -0.3 is 19.8 Å². The van der Waals surface area contributed by atoms with Crippen LogP contribution in [0.15, 0.2) is 72.6 Å². The molecule has 2 aliphatic rings. The maximum atomic E-state index is 13.2. The molecule has 2 aliphatic heterocycles. The molecule has 0 aliphatic carbocycles. The molecule has 0 radical (unpaired) electrons. The van der Waals surface area contributed by atoms with Gasteiger partial charge in [0, 0.05) is 30.9 Å². The van der Waals surface area contributed by atoms with Crippen LogP contribution in [-0.4, -0.2) is 37.9 Å². The molecule has 0 saturated carbocycles. The summed E-state index contributed by atoms with van der Waals surface area (Å²) in [5.74, 6) is -0.964. The van der Waals surface area contributed by atoms with Crippen LogP contribution in [0.4, 0.5) is 0 Å². The number of likely N-dealkylation sites (tertiary alicyclic amines) is 1. The van der Waals surface area contributed by atoms with Gasteiger partial charge in [0.15, 0.2) is 0 Å². The van der Waals surface area contributed by atoms with Crippen molar-refractivity contribution in [2.24, 2.45) is 0 Å². The molecule has 7 heteroatoms. The highest BCUT2D eigenvalue weighted by atomic mass is 16.5. The number of phenols is 1. The standard InChI is InChI=1S/C26H22N2O5/c1-15-11-19-12-18(5-6-21(19)33-15)24(30)22-23(17-3-2-4-20(29)13-17)28(26(32)25(22)31)14-16-7-9-27-10-8-16/h2-10,12-13,15,23,29-30H,11,14H2,1H3/b24-22-. The second-order valence-corrected chi connectivity index (χ2v) is 8.33. The molecule has 1 saturated heterocycles. The van der Waals surface area contributed by atoms with Crippen molar-refractivity contribution in [2.75, 3.05) is 0 Å². The lowest BCUT2D eigenvalue weighted by Gasteiger charge is -2.25. The third-order valence-electron chi connectivity index (χ3n) is 6.00. The smallest absolute Gasteiger partial charge is 0.295 e. The van der Waals surface area contributed by atoms with Gasteiger partial charge in [-0.2, -0.15) is 0 Å². The number of hydrogen-bond donors (Lipinski definition) is 2. The van der Waals surface area contributed by atoms with Crippen LogP contribution in [-0.2, 0) is 22.6 Å². The van der Waals surface area contributed by atoms with E-state index in [2.05, 4.69) is 4.98 Å². The Kier molecular flexibility index (Phi) is 5.09. The third-order valence-corrected chi connectivity index (χ3v) is 6.00. The van der Waals surface area contributed by atoms with E-state index in [1.54, 1.807) is 54.9 Å². The van der Waals surface area contributed by atoms with Crippen molar-refractivity contribution in [1.29, 1.82) is 0 Å². The Balaban J connectivity index is 1.64. The summed E-state index contributed by atoms with van der Waals surface area (Å²) in [4.78, 5) is 31.7. The average Bonchev–Trinajstić information content (AvgIpc) is 3.30. The minimum Gasteiger partial charge on any atom is -0.508 e. The predicted octanol–water partition coefficient (Wildman–Crippen LogP) is 3.73. The van der Waals surface area contributed by atoms with E-state index in [-0.39, 0.29) is 29.7 Å². The van der Waals surface area contributed by atoms with E-state index in [0.29, 0.717) is 17.5 Å². The Bertz CT molecular complexity index is 1280. The molecule has 33 heavy (non-hydrogen) atoms. The number of benzene rings is 2. The zero-order valence-electron chi connectivity index (χ0n) is 17.9. The Morgan fingerprint density at radius 1 is 1.12 bits per heavy atom. The molecule has 3 heterocycles. The normalized spacial score (nSPS) is 21.2. The van der Waals surface area contributed by atoms with Crippen LogP contribution < -0.4 is 4.74 Å². The number of ketones is 1. The summed E-state index contributed by atoms with van der Waals surface area (Å²) < 4.78 is 5.73. The number of hydrogen-bond acceptors (Lipinski definition) is 6. The number of rotatable bonds is 4. The molecule has 3 aromatic rings. The van der Waals surface area contributed by atoms with E-state index < -0.39 is 17.7 Å². The molecule has 166 valence electrons. The number of carbonyl (C=O) groups is 2. The number of aliphatic hydroxyl groups excluding tert-OH is 1. The van der Waals surface area contributed by atoms with Crippen LogP contribution in [0.3, 0.4) is 0 Å². The van der Waals surface area contributed by atoms with Gasteiger partial charge in [-0.05, 0) is 66.1 Å². The van der Waals surface area contributed by atoms with Gasteiger partial charge in [0.1, 0.15) is 23.4 Å². The van der Waals surface area contributed by atoms with Gasteiger partial charge in [-0.15, -0.1) is 0 Å². The number of Topliss-reactive ketones (excluding diaryl/α,β-unsaturated/α-hetero) is 1. The van der Waals surface area contributed by atoms with Crippen molar-refractivity contribution in [3.05, 3.63) is 94.8 Å². The first-order valence-electron chi connectivity index (χ1n) is 10.7. The summed E-state index contributed by atoms with van der Waals surface area (Å²) in [6, 6.07) is 14.3. The van der Waals surface area contributed by atoms with Gasteiger partial charge in [0.25, 0.3) is 11.7 Å². The lowest BCUT2D eigenvalue weighted by Crippen LogP contribution is -2.29. The number of ether oxygens (including phenoxy) is 1. The SMILES string of the molecule is CC1Cc2cc(/C(O)=C3/C(=O)C(=O)N(Cc4ccncc4)C3c3cccc(O)c3)ccc2O1. The molecule has 2 N–H and O–H groups in total. The number of nitrogens with zero attached hydrogens (tertiary/aromatic N) is 2. The minimum absolute atomic E-state index is 0.00525. The second-order valence-electron chi connectivity index (χ2n) is 8.33. The average molecular weight is 442 g/mol. The molecular weight excluding hydrogens is 420 g/mol. The Morgan fingerprint density at radius 3 is 2.67 bits per heavy atom. The molecular formula is C26H22N2O5. The third kappa shape index (κ3) is 3.71. The minimum atomic E-state index is -0.853. The monoisotopic (exact) mass is 442 g/mol. The first kappa shape index (κ1) is 20.8. The van der Waals surface area contributed by atoms with Crippen molar-refractivity contribution < 1.29 is 24.5 Å². The highest BCUT2D eigenvalue weighted by molar-refractivity contribution is 6.46. The first-order chi connectivity index (χ1) is 15.9. The van der Waals surface area contributed by atoms with E-state index >= 15 is 0 Å². The topological polar surface area (TPSA) is 100.0 Å². The summed E-state index contributed by atoms with van der Waals surface area (Å²) in [5, 5.41) is 21.3. The van der Waals surface area contributed by atoms with Crippen molar-refractivity contribution >= 4 is 17.4 Å². The molecule has 1 amide bonds. The molecule has 2 aromatic carbocycles. The number of aromatic hydroxyl groups is 1. The van der Waals surface area contributed by atoms with Gasteiger partial charge in [0.2, 0.25) is 0 Å². The quantitative estimate of drug-likeness (QED) is 0.363. The maximum absolute atomic E-state index is 13.2. The van der Waals surface area contributed by atoms with Crippen molar-refractivity contribution in [3.63, 3.8) is 0 Å². The highest BCUT2D eigenvalue weighted by Gasteiger charge is 2.46. The van der Waals surface area contributed by atoms with Gasteiger partial charge in [-0.3, -0.25) is 14.6 Å². The Labute approximate surface area is 190 Å². The fourth-order valence-electron chi connectivity index (χ4n) is 4.49. The maximum Gasteiger partial charge on any atom is 0.295 e. The first-order valence-corrected chi connectivity index (χ1v) is 10.7. The van der Waals surface area contributed by atoms with E-state index in [4.69, 9.17) is 4.74 Å².